The second-order valence-electron chi connectivity index (χ2n) is 5.80. The highest BCUT2D eigenvalue weighted by molar-refractivity contribution is 7.11. The number of benzene rings is 1. The van der Waals surface area contributed by atoms with E-state index in [2.05, 4.69) is 33.6 Å². The molecule has 0 saturated carbocycles. The van der Waals surface area contributed by atoms with Gasteiger partial charge in [-0.25, -0.2) is 9.98 Å². The van der Waals surface area contributed by atoms with Crippen LogP contribution in [0.1, 0.15) is 28.1 Å². The molecule has 0 saturated heterocycles. The van der Waals surface area contributed by atoms with E-state index < -0.39 is 0 Å². The van der Waals surface area contributed by atoms with Gasteiger partial charge in [-0.3, -0.25) is 0 Å². The van der Waals surface area contributed by atoms with Gasteiger partial charge in [-0.15, -0.1) is 11.3 Å². The van der Waals surface area contributed by atoms with Crippen LogP contribution < -0.4 is 20.1 Å². The van der Waals surface area contributed by atoms with E-state index in [1.807, 2.05) is 26.0 Å². The van der Waals surface area contributed by atoms with Gasteiger partial charge in [0.15, 0.2) is 17.5 Å². The van der Waals surface area contributed by atoms with Gasteiger partial charge in [0.05, 0.1) is 17.2 Å². The molecule has 0 radical (unpaired) electrons. The standard InChI is InChI=1S/C18H24N4O2S/c1-4-19-18(21-10-17-12(2)22-13(3)25-17)20-8-7-14-5-6-15-16(9-14)24-11-23-15/h5-6,9H,4,7-8,10-11H2,1-3H3,(H2,19,20,21). The molecule has 3 rings (SSSR count). The van der Waals surface area contributed by atoms with Crippen LogP contribution in [0.2, 0.25) is 0 Å². The Bertz CT molecular complexity index is 758. The fourth-order valence-corrected chi connectivity index (χ4v) is 3.50. The highest BCUT2D eigenvalue weighted by Crippen LogP contribution is 2.32. The van der Waals surface area contributed by atoms with Gasteiger partial charge in [-0.2, -0.15) is 0 Å². The first-order valence-corrected chi connectivity index (χ1v) is 9.31. The molecule has 1 aliphatic heterocycles. The van der Waals surface area contributed by atoms with Crippen molar-refractivity contribution in [1.29, 1.82) is 0 Å². The number of rotatable bonds is 6. The second kappa shape index (κ2) is 8.20. The number of nitrogens with one attached hydrogen (secondary N) is 2. The lowest BCUT2D eigenvalue weighted by Gasteiger charge is -2.11. The monoisotopic (exact) mass is 360 g/mol. The lowest BCUT2D eigenvalue weighted by atomic mass is 10.1. The molecule has 1 aromatic carbocycles. The van der Waals surface area contributed by atoms with Crippen LogP contribution in [0.4, 0.5) is 0 Å². The van der Waals surface area contributed by atoms with Crippen LogP contribution in [0.3, 0.4) is 0 Å². The number of guanidine groups is 1. The third-order valence-electron chi connectivity index (χ3n) is 3.87. The number of ether oxygens (including phenoxy) is 2. The first-order chi connectivity index (χ1) is 12.2. The first-order valence-electron chi connectivity index (χ1n) is 8.49. The van der Waals surface area contributed by atoms with Crippen molar-refractivity contribution in [2.45, 2.75) is 33.7 Å². The Morgan fingerprint density at radius 1 is 1.24 bits per heavy atom. The molecule has 0 spiro atoms. The molecule has 0 fully saturated rings. The van der Waals surface area contributed by atoms with Gasteiger partial charge in [0.2, 0.25) is 6.79 Å². The molecule has 1 aromatic heterocycles. The summed E-state index contributed by atoms with van der Waals surface area (Å²) in [6, 6.07) is 6.08. The van der Waals surface area contributed by atoms with Crippen LogP contribution >= 0.6 is 11.3 Å². The average Bonchev–Trinajstić information content (AvgIpc) is 3.18. The van der Waals surface area contributed by atoms with Crippen LogP contribution in [0, 0.1) is 13.8 Å². The van der Waals surface area contributed by atoms with E-state index in [1.54, 1.807) is 11.3 Å². The third-order valence-corrected chi connectivity index (χ3v) is 4.93. The molecule has 2 N–H and O–H groups in total. The molecule has 0 aliphatic carbocycles. The van der Waals surface area contributed by atoms with Crippen molar-refractivity contribution in [3.63, 3.8) is 0 Å². The maximum Gasteiger partial charge on any atom is 0.231 e. The van der Waals surface area contributed by atoms with Crippen LogP contribution in [0.15, 0.2) is 23.2 Å². The molecule has 0 unspecified atom stereocenters. The quantitative estimate of drug-likeness (QED) is 0.612. The molecule has 2 aromatic rings. The molecule has 7 heteroatoms. The minimum absolute atomic E-state index is 0.310. The molecule has 25 heavy (non-hydrogen) atoms. The number of aryl methyl sites for hydroxylation is 2. The molecule has 0 bridgehead atoms. The molecule has 2 heterocycles. The number of fused-ring (bicyclic) bond motifs is 1. The summed E-state index contributed by atoms with van der Waals surface area (Å²) in [6.45, 7) is 8.72. The van der Waals surface area contributed by atoms with Crippen molar-refractivity contribution in [2.75, 3.05) is 19.9 Å². The molecule has 1 aliphatic rings. The lowest BCUT2D eigenvalue weighted by molar-refractivity contribution is 0.174. The fraction of sp³-hybridized carbons (Fsp3) is 0.444. The van der Waals surface area contributed by atoms with E-state index in [1.165, 1.54) is 10.4 Å². The summed E-state index contributed by atoms with van der Waals surface area (Å²) in [6.07, 6.45) is 0.889. The van der Waals surface area contributed by atoms with Gasteiger partial charge in [0.25, 0.3) is 0 Å². The Morgan fingerprint density at radius 2 is 2.08 bits per heavy atom. The molecule has 0 amide bonds. The molecular formula is C18H24N4O2S. The van der Waals surface area contributed by atoms with Crippen LogP contribution in [0.5, 0.6) is 11.5 Å². The minimum atomic E-state index is 0.310. The Labute approximate surface area is 152 Å². The summed E-state index contributed by atoms with van der Waals surface area (Å²) < 4.78 is 10.8. The Kier molecular flexibility index (Phi) is 5.75. The second-order valence-corrected chi connectivity index (χ2v) is 7.09. The third kappa shape index (κ3) is 4.63. The molecule has 134 valence electrons. The Hall–Kier alpha value is -2.28. The van der Waals surface area contributed by atoms with Gasteiger partial charge < -0.3 is 20.1 Å². The van der Waals surface area contributed by atoms with Gasteiger partial charge in [-0.1, -0.05) is 6.07 Å². The summed E-state index contributed by atoms with van der Waals surface area (Å²) >= 11 is 1.71. The number of hydrogen-bond donors (Lipinski definition) is 2. The minimum Gasteiger partial charge on any atom is -0.454 e. The first kappa shape index (κ1) is 17.5. The van der Waals surface area contributed by atoms with Crippen molar-refractivity contribution < 1.29 is 9.47 Å². The van der Waals surface area contributed by atoms with Crippen molar-refractivity contribution in [3.05, 3.63) is 39.3 Å². The normalized spacial score (nSPS) is 13.2. The van der Waals surface area contributed by atoms with E-state index in [0.29, 0.717) is 13.3 Å². The zero-order chi connectivity index (χ0) is 17.6. The highest BCUT2D eigenvalue weighted by atomic mass is 32.1. The predicted octanol–water partition coefficient (Wildman–Crippen LogP) is 2.79. The summed E-state index contributed by atoms with van der Waals surface area (Å²) in [7, 11) is 0. The topological polar surface area (TPSA) is 67.8 Å². The summed E-state index contributed by atoms with van der Waals surface area (Å²) in [5.41, 5.74) is 2.28. The zero-order valence-corrected chi connectivity index (χ0v) is 15.7. The van der Waals surface area contributed by atoms with Crippen molar-refractivity contribution in [3.8, 4) is 11.5 Å². The molecular weight excluding hydrogens is 336 g/mol. The Balaban J connectivity index is 1.54. The number of thiazole rings is 1. The highest BCUT2D eigenvalue weighted by Gasteiger charge is 2.13. The maximum absolute atomic E-state index is 5.42. The van der Waals surface area contributed by atoms with Gasteiger partial charge in [0.1, 0.15) is 0 Å². The van der Waals surface area contributed by atoms with E-state index in [-0.39, 0.29) is 0 Å². The van der Waals surface area contributed by atoms with Crippen molar-refractivity contribution in [2.24, 2.45) is 4.99 Å². The maximum atomic E-state index is 5.42. The Morgan fingerprint density at radius 3 is 2.84 bits per heavy atom. The molecule has 0 atom stereocenters. The number of hydrogen-bond acceptors (Lipinski definition) is 5. The summed E-state index contributed by atoms with van der Waals surface area (Å²) in [5, 5.41) is 7.76. The van der Waals surface area contributed by atoms with Gasteiger partial charge in [0, 0.05) is 18.0 Å². The number of aliphatic imine (C=N–C) groups is 1. The SMILES string of the molecule is CCNC(=NCc1sc(C)nc1C)NCCc1ccc2c(c1)OCO2. The predicted molar refractivity (Wildman–Crippen MR) is 101 cm³/mol. The van der Waals surface area contributed by atoms with E-state index in [0.717, 1.165) is 47.7 Å². The van der Waals surface area contributed by atoms with Crippen molar-refractivity contribution >= 4 is 17.3 Å². The lowest BCUT2D eigenvalue weighted by Crippen LogP contribution is -2.38. The average molecular weight is 360 g/mol. The molecule has 6 nitrogen and oxygen atoms in total. The van der Waals surface area contributed by atoms with Crippen LogP contribution in [-0.4, -0.2) is 30.8 Å². The van der Waals surface area contributed by atoms with E-state index >= 15 is 0 Å². The fourth-order valence-electron chi connectivity index (χ4n) is 2.63. The van der Waals surface area contributed by atoms with Crippen LogP contribution in [0.25, 0.3) is 0 Å². The summed E-state index contributed by atoms with van der Waals surface area (Å²) in [5.74, 6) is 2.48. The smallest absolute Gasteiger partial charge is 0.231 e. The summed E-state index contributed by atoms with van der Waals surface area (Å²) in [4.78, 5) is 10.3. The van der Waals surface area contributed by atoms with Gasteiger partial charge >= 0.3 is 0 Å². The number of aromatic nitrogens is 1. The van der Waals surface area contributed by atoms with Crippen LogP contribution in [-0.2, 0) is 13.0 Å². The zero-order valence-electron chi connectivity index (χ0n) is 14.9. The largest absolute Gasteiger partial charge is 0.454 e. The van der Waals surface area contributed by atoms with E-state index in [9.17, 15) is 0 Å². The van der Waals surface area contributed by atoms with E-state index in [4.69, 9.17) is 9.47 Å². The number of nitrogens with zero attached hydrogens (tertiary/aromatic N) is 2. The van der Waals surface area contributed by atoms with Crippen molar-refractivity contribution in [1.82, 2.24) is 15.6 Å². The van der Waals surface area contributed by atoms with Gasteiger partial charge in [-0.05, 0) is 44.9 Å².